The second kappa shape index (κ2) is 5.20. The van der Waals surface area contributed by atoms with Gasteiger partial charge in [-0.2, -0.15) is 0 Å². The molecular formula is C10H8BrClO. The van der Waals surface area contributed by atoms with Crippen molar-refractivity contribution in [1.29, 1.82) is 0 Å². The molecule has 68 valence electrons. The van der Waals surface area contributed by atoms with E-state index in [9.17, 15) is 4.79 Å². The van der Waals surface area contributed by atoms with Crippen LogP contribution in [0.2, 0.25) is 5.02 Å². The molecule has 0 saturated heterocycles. The summed E-state index contributed by atoms with van der Waals surface area (Å²) in [5.41, 5.74) is 1.02. The van der Waals surface area contributed by atoms with Gasteiger partial charge in [0.1, 0.15) is 6.29 Å². The van der Waals surface area contributed by atoms with E-state index in [4.69, 9.17) is 11.6 Å². The standard InChI is InChI=1S/C10H8BrClO/c11-10-7-9(12)5-4-8(10)3-1-2-6-13/h1,3-7H,2H2. The molecule has 0 saturated carbocycles. The molecule has 1 aromatic rings. The highest BCUT2D eigenvalue weighted by Gasteiger charge is 1.95. The fourth-order valence-corrected chi connectivity index (χ4v) is 1.70. The van der Waals surface area contributed by atoms with Crippen molar-refractivity contribution < 1.29 is 4.79 Å². The Labute approximate surface area is 90.5 Å². The third-order valence-electron chi connectivity index (χ3n) is 1.49. The predicted molar refractivity (Wildman–Crippen MR) is 58.9 cm³/mol. The molecule has 0 radical (unpaired) electrons. The van der Waals surface area contributed by atoms with Crippen molar-refractivity contribution in [3.8, 4) is 0 Å². The summed E-state index contributed by atoms with van der Waals surface area (Å²) < 4.78 is 0.933. The van der Waals surface area contributed by atoms with Crippen LogP contribution in [0.5, 0.6) is 0 Å². The Hall–Kier alpha value is -0.600. The van der Waals surface area contributed by atoms with E-state index in [0.717, 1.165) is 16.3 Å². The molecule has 0 aliphatic heterocycles. The first kappa shape index (κ1) is 10.5. The van der Waals surface area contributed by atoms with Crippen molar-refractivity contribution in [2.75, 3.05) is 0 Å². The molecule has 3 heteroatoms. The second-order valence-corrected chi connectivity index (χ2v) is 3.76. The van der Waals surface area contributed by atoms with Crippen LogP contribution in [0.15, 0.2) is 28.7 Å². The van der Waals surface area contributed by atoms with Crippen LogP contribution in [0.4, 0.5) is 0 Å². The topological polar surface area (TPSA) is 17.1 Å². The number of benzene rings is 1. The van der Waals surface area contributed by atoms with Gasteiger partial charge in [0.25, 0.3) is 0 Å². The number of carbonyl (C=O) groups excluding carboxylic acids is 1. The lowest BCUT2D eigenvalue weighted by atomic mass is 10.2. The molecule has 0 aromatic heterocycles. The Kier molecular flexibility index (Phi) is 4.19. The largest absolute Gasteiger partial charge is 0.303 e. The summed E-state index contributed by atoms with van der Waals surface area (Å²) in [4.78, 5) is 10.1. The minimum atomic E-state index is 0.440. The van der Waals surface area contributed by atoms with Crippen molar-refractivity contribution in [1.82, 2.24) is 0 Å². The molecule has 13 heavy (non-hydrogen) atoms. The first-order chi connectivity index (χ1) is 6.24. The average Bonchev–Trinajstić information content (AvgIpc) is 2.09. The summed E-state index contributed by atoms with van der Waals surface area (Å²) in [5.74, 6) is 0. The fourth-order valence-electron chi connectivity index (χ4n) is 0.887. The van der Waals surface area contributed by atoms with Gasteiger partial charge in [0.15, 0.2) is 0 Å². The quantitative estimate of drug-likeness (QED) is 0.756. The van der Waals surface area contributed by atoms with Gasteiger partial charge in [0, 0.05) is 15.9 Å². The highest BCUT2D eigenvalue weighted by Crippen LogP contribution is 2.22. The molecule has 0 amide bonds. The number of carbonyl (C=O) groups is 1. The van der Waals surface area contributed by atoms with Gasteiger partial charge in [0.05, 0.1) is 0 Å². The number of hydrogen-bond donors (Lipinski definition) is 0. The molecule has 0 fully saturated rings. The summed E-state index contributed by atoms with van der Waals surface area (Å²) >= 11 is 9.14. The third-order valence-corrected chi connectivity index (χ3v) is 2.41. The predicted octanol–water partition coefficient (Wildman–Crippen LogP) is 3.70. The van der Waals surface area contributed by atoms with Gasteiger partial charge in [0.2, 0.25) is 0 Å². The lowest BCUT2D eigenvalue weighted by molar-refractivity contribution is -0.107. The van der Waals surface area contributed by atoms with E-state index in [1.165, 1.54) is 0 Å². The van der Waals surface area contributed by atoms with E-state index in [2.05, 4.69) is 15.9 Å². The Morgan fingerprint density at radius 3 is 2.85 bits per heavy atom. The summed E-state index contributed by atoms with van der Waals surface area (Å²) in [7, 11) is 0. The zero-order valence-corrected chi connectivity index (χ0v) is 9.18. The van der Waals surface area contributed by atoms with Gasteiger partial charge >= 0.3 is 0 Å². The van der Waals surface area contributed by atoms with Crippen LogP contribution in [0.1, 0.15) is 12.0 Å². The van der Waals surface area contributed by atoms with Gasteiger partial charge in [-0.15, -0.1) is 0 Å². The summed E-state index contributed by atoms with van der Waals surface area (Å²) in [5, 5.41) is 0.694. The molecule has 0 spiro atoms. The lowest BCUT2D eigenvalue weighted by Gasteiger charge is -1.97. The molecule has 0 aliphatic rings. The minimum Gasteiger partial charge on any atom is -0.303 e. The molecule has 0 bridgehead atoms. The average molecular weight is 260 g/mol. The van der Waals surface area contributed by atoms with E-state index in [0.29, 0.717) is 11.4 Å². The van der Waals surface area contributed by atoms with E-state index in [-0.39, 0.29) is 0 Å². The van der Waals surface area contributed by atoms with Crippen LogP contribution in [-0.2, 0) is 4.79 Å². The van der Waals surface area contributed by atoms with E-state index >= 15 is 0 Å². The van der Waals surface area contributed by atoms with Gasteiger partial charge in [-0.05, 0) is 17.7 Å². The van der Waals surface area contributed by atoms with Crippen LogP contribution >= 0.6 is 27.5 Å². The van der Waals surface area contributed by atoms with E-state index in [1.807, 2.05) is 24.3 Å². The Balaban J connectivity index is 2.83. The molecule has 0 unspecified atom stereocenters. The number of aldehydes is 1. The maximum atomic E-state index is 10.1. The minimum absolute atomic E-state index is 0.440. The molecule has 1 nitrogen and oxygen atoms in total. The zero-order chi connectivity index (χ0) is 9.68. The SMILES string of the molecule is O=CCC=Cc1ccc(Cl)cc1Br. The first-order valence-corrected chi connectivity index (χ1v) is 4.96. The van der Waals surface area contributed by atoms with Crippen LogP contribution in [0.25, 0.3) is 6.08 Å². The van der Waals surface area contributed by atoms with Crippen molar-refractivity contribution in [2.24, 2.45) is 0 Å². The van der Waals surface area contributed by atoms with Gasteiger partial charge in [-0.1, -0.05) is 45.7 Å². The molecule has 0 atom stereocenters. The van der Waals surface area contributed by atoms with Crippen LogP contribution in [0.3, 0.4) is 0 Å². The fraction of sp³-hybridized carbons (Fsp3) is 0.100. The number of allylic oxidation sites excluding steroid dienone is 1. The van der Waals surface area contributed by atoms with Gasteiger partial charge < -0.3 is 4.79 Å². The van der Waals surface area contributed by atoms with Crippen LogP contribution < -0.4 is 0 Å². The molecule has 1 rings (SSSR count). The van der Waals surface area contributed by atoms with Crippen molar-refractivity contribution >= 4 is 39.9 Å². The summed E-state index contributed by atoms with van der Waals surface area (Å²) in [6.07, 6.45) is 4.99. The van der Waals surface area contributed by atoms with E-state index < -0.39 is 0 Å². The van der Waals surface area contributed by atoms with Crippen LogP contribution in [-0.4, -0.2) is 6.29 Å². The molecular weight excluding hydrogens is 251 g/mol. The van der Waals surface area contributed by atoms with Crippen molar-refractivity contribution in [3.05, 3.63) is 39.3 Å². The Morgan fingerprint density at radius 1 is 1.46 bits per heavy atom. The molecule has 0 aliphatic carbocycles. The number of hydrogen-bond acceptors (Lipinski definition) is 1. The number of halogens is 2. The maximum Gasteiger partial charge on any atom is 0.123 e. The summed E-state index contributed by atoms with van der Waals surface area (Å²) in [6, 6.07) is 5.53. The van der Waals surface area contributed by atoms with Crippen molar-refractivity contribution in [2.45, 2.75) is 6.42 Å². The Bertz CT molecular complexity index is 334. The third kappa shape index (κ3) is 3.33. The van der Waals surface area contributed by atoms with Gasteiger partial charge in [-0.3, -0.25) is 0 Å². The second-order valence-electron chi connectivity index (χ2n) is 2.47. The van der Waals surface area contributed by atoms with Gasteiger partial charge in [-0.25, -0.2) is 0 Å². The monoisotopic (exact) mass is 258 g/mol. The molecule has 0 heterocycles. The number of rotatable bonds is 3. The molecule has 1 aromatic carbocycles. The highest BCUT2D eigenvalue weighted by molar-refractivity contribution is 9.10. The normalized spacial score (nSPS) is 10.6. The lowest BCUT2D eigenvalue weighted by Crippen LogP contribution is -1.75. The first-order valence-electron chi connectivity index (χ1n) is 3.79. The zero-order valence-electron chi connectivity index (χ0n) is 6.84. The maximum absolute atomic E-state index is 10.1. The summed E-state index contributed by atoms with van der Waals surface area (Å²) in [6.45, 7) is 0. The van der Waals surface area contributed by atoms with Crippen molar-refractivity contribution in [3.63, 3.8) is 0 Å². The highest BCUT2D eigenvalue weighted by atomic mass is 79.9. The smallest absolute Gasteiger partial charge is 0.123 e. The Morgan fingerprint density at radius 2 is 2.23 bits per heavy atom. The van der Waals surface area contributed by atoms with Crippen LogP contribution in [0, 0.1) is 0 Å². The van der Waals surface area contributed by atoms with E-state index in [1.54, 1.807) is 6.08 Å². The molecule has 0 N–H and O–H groups in total.